The largest absolute Gasteiger partial charge is 0.464 e. The molecule has 0 unspecified atom stereocenters. The van der Waals surface area contributed by atoms with Gasteiger partial charge < -0.3 is 4.42 Å². The van der Waals surface area contributed by atoms with Crippen LogP contribution in [0.5, 0.6) is 0 Å². The van der Waals surface area contributed by atoms with Crippen molar-refractivity contribution >= 4 is 0 Å². The molecule has 1 heteroatoms. The first-order valence-corrected chi connectivity index (χ1v) is 6.04. The fourth-order valence-electron chi connectivity index (χ4n) is 1.99. The lowest BCUT2D eigenvalue weighted by Gasteiger charge is -1.97. The second-order valence-electron chi connectivity index (χ2n) is 4.43. The summed E-state index contributed by atoms with van der Waals surface area (Å²) in [6, 6.07) is 20.7. The molecule has 3 aromatic rings. The van der Waals surface area contributed by atoms with E-state index in [1.807, 2.05) is 24.5 Å². The number of furan rings is 1. The van der Waals surface area contributed by atoms with Gasteiger partial charge in [0.05, 0.1) is 6.26 Å². The summed E-state index contributed by atoms with van der Waals surface area (Å²) < 4.78 is 5.64. The normalized spacial score (nSPS) is 10.5. The Kier molecular flexibility index (Phi) is 2.73. The summed E-state index contributed by atoms with van der Waals surface area (Å²) in [7, 11) is 0. The first kappa shape index (κ1) is 10.8. The van der Waals surface area contributed by atoms with Gasteiger partial charge in [0.15, 0.2) is 0 Å². The van der Waals surface area contributed by atoms with Gasteiger partial charge in [-0.2, -0.15) is 0 Å². The van der Waals surface area contributed by atoms with Crippen molar-refractivity contribution in [2.75, 3.05) is 0 Å². The molecule has 3 rings (SSSR count). The lowest BCUT2D eigenvalue weighted by Crippen LogP contribution is -1.75. The number of hydrogen-bond donors (Lipinski definition) is 0. The van der Waals surface area contributed by atoms with Crippen LogP contribution in [0.2, 0.25) is 0 Å². The van der Waals surface area contributed by atoms with Crippen molar-refractivity contribution in [3.63, 3.8) is 0 Å². The molecule has 0 aliphatic carbocycles. The van der Waals surface area contributed by atoms with Crippen LogP contribution in [0.1, 0.15) is 5.56 Å². The van der Waals surface area contributed by atoms with Crippen LogP contribution in [0.25, 0.3) is 22.5 Å². The minimum absolute atomic E-state index is 0.911. The lowest BCUT2D eigenvalue weighted by molar-refractivity contribution is 0.583. The van der Waals surface area contributed by atoms with Crippen LogP contribution in [0, 0.1) is 6.92 Å². The van der Waals surface area contributed by atoms with Gasteiger partial charge in [0.25, 0.3) is 0 Å². The highest BCUT2D eigenvalue weighted by Crippen LogP contribution is 2.28. The van der Waals surface area contributed by atoms with Gasteiger partial charge in [0.1, 0.15) is 5.76 Å². The van der Waals surface area contributed by atoms with Gasteiger partial charge in [-0.05, 0) is 18.6 Å². The zero-order chi connectivity index (χ0) is 12.4. The highest BCUT2D eigenvalue weighted by atomic mass is 16.3. The van der Waals surface area contributed by atoms with Crippen molar-refractivity contribution in [2.45, 2.75) is 6.92 Å². The van der Waals surface area contributed by atoms with Crippen molar-refractivity contribution in [1.82, 2.24) is 0 Å². The number of benzene rings is 2. The third kappa shape index (κ3) is 2.07. The molecule has 0 fully saturated rings. The zero-order valence-corrected chi connectivity index (χ0v) is 10.3. The molecular formula is C17H14O. The van der Waals surface area contributed by atoms with Gasteiger partial charge >= 0.3 is 0 Å². The van der Waals surface area contributed by atoms with Gasteiger partial charge in [-0.25, -0.2) is 0 Å². The Hall–Kier alpha value is -2.28. The van der Waals surface area contributed by atoms with Gasteiger partial charge in [-0.1, -0.05) is 60.2 Å². The van der Waals surface area contributed by atoms with Crippen LogP contribution in [-0.4, -0.2) is 0 Å². The van der Waals surface area contributed by atoms with Crippen LogP contribution in [-0.2, 0) is 0 Å². The maximum Gasteiger partial charge on any atom is 0.134 e. The van der Waals surface area contributed by atoms with Crippen LogP contribution in [0.3, 0.4) is 0 Å². The molecule has 2 aromatic carbocycles. The molecule has 18 heavy (non-hydrogen) atoms. The van der Waals surface area contributed by atoms with E-state index < -0.39 is 0 Å². The van der Waals surface area contributed by atoms with Crippen molar-refractivity contribution in [1.29, 1.82) is 0 Å². The molecule has 1 aromatic heterocycles. The molecule has 0 radical (unpaired) electrons. The van der Waals surface area contributed by atoms with Gasteiger partial charge in [0.2, 0.25) is 0 Å². The third-order valence-electron chi connectivity index (χ3n) is 3.04. The summed E-state index contributed by atoms with van der Waals surface area (Å²) in [6.45, 7) is 2.08. The summed E-state index contributed by atoms with van der Waals surface area (Å²) in [4.78, 5) is 0. The highest BCUT2D eigenvalue weighted by molar-refractivity contribution is 5.69. The molecular weight excluding hydrogens is 220 g/mol. The van der Waals surface area contributed by atoms with E-state index in [1.165, 1.54) is 11.1 Å². The third-order valence-corrected chi connectivity index (χ3v) is 3.04. The Morgan fingerprint density at radius 3 is 2.17 bits per heavy atom. The summed E-state index contributed by atoms with van der Waals surface area (Å²) in [5.74, 6) is 0.911. The van der Waals surface area contributed by atoms with Crippen molar-refractivity contribution in [3.05, 3.63) is 72.5 Å². The molecule has 0 atom stereocenters. The van der Waals surface area contributed by atoms with Crippen molar-refractivity contribution < 1.29 is 4.42 Å². The second-order valence-corrected chi connectivity index (χ2v) is 4.43. The summed E-state index contributed by atoms with van der Waals surface area (Å²) >= 11 is 0. The van der Waals surface area contributed by atoms with E-state index in [4.69, 9.17) is 4.42 Å². The summed E-state index contributed by atoms with van der Waals surface area (Å²) in [6.07, 6.45) is 1.81. The SMILES string of the molecule is Cc1ccc(-c2cc(-c3ccccc3)co2)cc1. The van der Waals surface area contributed by atoms with Gasteiger partial charge in [0, 0.05) is 11.1 Å². The van der Waals surface area contributed by atoms with E-state index in [2.05, 4.69) is 49.4 Å². The molecule has 0 spiro atoms. The molecule has 1 nitrogen and oxygen atoms in total. The Morgan fingerprint density at radius 2 is 1.44 bits per heavy atom. The van der Waals surface area contributed by atoms with E-state index in [1.54, 1.807) is 0 Å². The minimum atomic E-state index is 0.911. The average Bonchev–Trinajstić information content (AvgIpc) is 2.90. The molecule has 0 bridgehead atoms. The van der Waals surface area contributed by atoms with E-state index in [9.17, 15) is 0 Å². The van der Waals surface area contributed by atoms with E-state index in [0.29, 0.717) is 0 Å². The van der Waals surface area contributed by atoms with Crippen molar-refractivity contribution in [2.24, 2.45) is 0 Å². The van der Waals surface area contributed by atoms with Gasteiger partial charge in [-0.3, -0.25) is 0 Å². The summed E-state index contributed by atoms with van der Waals surface area (Å²) in [5, 5.41) is 0. The number of aryl methyl sites for hydroxylation is 1. The molecule has 0 aliphatic rings. The van der Waals surface area contributed by atoms with Crippen molar-refractivity contribution in [3.8, 4) is 22.5 Å². The van der Waals surface area contributed by atoms with Crippen LogP contribution in [0.4, 0.5) is 0 Å². The molecule has 0 aliphatic heterocycles. The van der Waals surface area contributed by atoms with Crippen LogP contribution < -0.4 is 0 Å². The van der Waals surface area contributed by atoms with E-state index >= 15 is 0 Å². The number of hydrogen-bond acceptors (Lipinski definition) is 1. The fraction of sp³-hybridized carbons (Fsp3) is 0.0588. The molecule has 0 saturated heterocycles. The smallest absolute Gasteiger partial charge is 0.134 e. The molecule has 0 amide bonds. The average molecular weight is 234 g/mol. The Morgan fingerprint density at radius 1 is 0.722 bits per heavy atom. The first-order valence-electron chi connectivity index (χ1n) is 6.04. The zero-order valence-electron chi connectivity index (χ0n) is 10.3. The number of rotatable bonds is 2. The molecule has 0 saturated carbocycles. The lowest BCUT2D eigenvalue weighted by atomic mass is 10.1. The monoisotopic (exact) mass is 234 g/mol. The summed E-state index contributed by atoms with van der Waals surface area (Å²) in [5.41, 5.74) is 4.67. The standard InChI is InChI=1S/C17H14O/c1-13-7-9-15(10-8-13)17-11-16(12-18-17)14-5-3-2-4-6-14/h2-12H,1H3. The Labute approximate surface area is 107 Å². The minimum Gasteiger partial charge on any atom is -0.464 e. The van der Waals surface area contributed by atoms with Crippen LogP contribution >= 0.6 is 0 Å². The quantitative estimate of drug-likeness (QED) is 0.613. The first-order chi connectivity index (χ1) is 8.83. The van der Waals surface area contributed by atoms with Crippen LogP contribution in [0.15, 0.2) is 71.3 Å². The van der Waals surface area contributed by atoms with Gasteiger partial charge in [-0.15, -0.1) is 0 Å². The Bertz CT molecular complexity index is 633. The second kappa shape index (κ2) is 4.53. The maximum absolute atomic E-state index is 5.64. The highest BCUT2D eigenvalue weighted by Gasteiger charge is 2.05. The molecule has 88 valence electrons. The van der Waals surface area contributed by atoms with E-state index in [0.717, 1.165) is 16.9 Å². The fourth-order valence-corrected chi connectivity index (χ4v) is 1.99. The predicted molar refractivity (Wildman–Crippen MR) is 74.3 cm³/mol. The maximum atomic E-state index is 5.64. The predicted octanol–water partition coefficient (Wildman–Crippen LogP) is 4.92. The molecule has 1 heterocycles. The van der Waals surface area contributed by atoms with E-state index in [-0.39, 0.29) is 0 Å². The topological polar surface area (TPSA) is 13.1 Å². The Balaban J connectivity index is 1.97. The molecule has 0 N–H and O–H groups in total.